The third kappa shape index (κ3) is 4.10. The Bertz CT molecular complexity index is 899. The van der Waals surface area contributed by atoms with Gasteiger partial charge in [0.15, 0.2) is 0 Å². The number of carbonyl (C=O) groups excluding carboxylic acids is 1. The minimum Gasteiger partial charge on any atom is -0.465 e. The van der Waals surface area contributed by atoms with E-state index in [4.69, 9.17) is 5.11 Å². The van der Waals surface area contributed by atoms with Gasteiger partial charge in [-0.05, 0) is 50.5 Å². The van der Waals surface area contributed by atoms with Crippen molar-refractivity contribution >= 4 is 22.9 Å². The predicted octanol–water partition coefficient (Wildman–Crippen LogP) is 2.81. The summed E-state index contributed by atoms with van der Waals surface area (Å²) in [5, 5.41) is 10.2. The number of rotatable bonds is 4. The molecule has 1 aromatic carbocycles. The van der Waals surface area contributed by atoms with Crippen LogP contribution >= 0.6 is 0 Å². The molecule has 3 heterocycles. The third-order valence-corrected chi connectivity index (χ3v) is 6.36. The predicted molar refractivity (Wildman–Crippen MR) is 112 cm³/mol. The van der Waals surface area contributed by atoms with Crippen LogP contribution < -0.4 is 0 Å². The van der Waals surface area contributed by atoms with E-state index in [-0.39, 0.29) is 5.91 Å². The second kappa shape index (κ2) is 8.06. The van der Waals surface area contributed by atoms with Crippen LogP contribution in [-0.4, -0.2) is 81.7 Å². The molecule has 4 rings (SSSR count). The molecule has 7 nitrogen and oxygen atoms in total. The first-order chi connectivity index (χ1) is 13.9. The van der Waals surface area contributed by atoms with Gasteiger partial charge >= 0.3 is 6.09 Å². The Morgan fingerprint density at radius 2 is 1.83 bits per heavy atom. The molecule has 29 heavy (non-hydrogen) atoms. The van der Waals surface area contributed by atoms with E-state index in [1.165, 1.54) is 4.90 Å². The van der Waals surface area contributed by atoms with Crippen molar-refractivity contribution in [3.63, 3.8) is 0 Å². The number of aromatic nitrogens is 1. The van der Waals surface area contributed by atoms with Crippen LogP contribution in [0.4, 0.5) is 4.79 Å². The van der Waals surface area contributed by atoms with Crippen molar-refractivity contribution in [1.29, 1.82) is 0 Å². The molecule has 2 aliphatic heterocycles. The van der Waals surface area contributed by atoms with Crippen molar-refractivity contribution in [1.82, 2.24) is 19.3 Å². The van der Waals surface area contributed by atoms with Gasteiger partial charge in [0.2, 0.25) is 0 Å². The Hall–Kier alpha value is -2.54. The second-order valence-electron chi connectivity index (χ2n) is 8.55. The maximum Gasteiger partial charge on any atom is 0.407 e. The fourth-order valence-electron chi connectivity index (χ4n) is 4.55. The topological polar surface area (TPSA) is 69.0 Å². The summed E-state index contributed by atoms with van der Waals surface area (Å²) in [6, 6.07) is 8.50. The highest BCUT2D eigenvalue weighted by Crippen LogP contribution is 2.24. The van der Waals surface area contributed by atoms with Crippen molar-refractivity contribution in [3.8, 4) is 0 Å². The molecule has 0 radical (unpaired) electrons. The summed E-state index contributed by atoms with van der Waals surface area (Å²) in [5.74, 6) is 0.441. The number of hydrogen-bond donors (Lipinski definition) is 1. The number of hydrogen-bond acceptors (Lipinski definition) is 3. The molecule has 2 aromatic rings. The lowest BCUT2D eigenvalue weighted by Crippen LogP contribution is -2.50. The summed E-state index contributed by atoms with van der Waals surface area (Å²) in [4.78, 5) is 29.9. The molecule has 2 saturated heterocycles. The van der Waals surface area contributed by atoms with Crippen molar-refractivity contribution in [2.24, 2.45) is 5.92 Å². The summed E-state index contributed by atoms with van der Waals surface area (Å²) in [6.45, 7) is 9.80. The molecule has 156 valence electrons. The number of benzene rings is 1. The number of piperazine rings is 1. The first kappa shape index (κ1) is 19.8. The molecule has 1 unspecified atom stereocenters. The lowest BCUT2D eigenvalue weighted by Gasteiger charge is -2.37. The molecule has 0 saturated carbocycles. The van der Waals surface area contributed by atoms with E-state index >= 15 is 0 Å². The smallest absolute Gasteiger partial charge is 0.407 e. The van der Waals surface area contributed by atoms with Crippen molar-refractivity contribution < 1.29 is 14.7 Å². The average molecular weight is 399 g/mol. The maximum absolute atomic E-state index is 12.9. The number of nitrogens with zero attached hydrogens (tertiary/aromatic N) is 4. The number of fused-ring (bicyclic) bond motifs is 1. The highest BCUT2D eigenvalue weighted by atomic mass is 16.4. The molecule has 1 aromatic heterocycles. The van der Waals surface area contributed by atoms with Gasteiger partial charge in [0.05, 0.1) is 0 Å². The zero-order chi connectivity index (χ0) is 20.5. The third-order valence-electron chi connectivity index (χ3n) is 6.36. The Balaban J connectivity index is 1.43. The van der Waals surface area contributed by atoms with E-state index in [9.17, 15) is 9.59 Å². The van der Waals surface area contributed by atoms with Gasteiger partial charge in [-0.25, -0.2) is 4.79 Å². The molecule has 0 bridgehead atoms. The van der Waals surface area contributed by atoms with Crippen LogP contribution in [0.5, 0.6) is 0 Å². The summed E-state index contributed by atoms with van der Waals surface area (Å²) < 4.78 is 2.18. The maximum atomic E-state index is 12.9. The lowest BCUT2D eigenvalue weighted by atomic mass is 10.1. The fraction of sp³-hybridized carbons (Fsp3) is 0.545. The largest absolute Gasteiger partial charge is 0.465 e. The van der Waals surface area contributed by atoms with Crippen molar-refractivity contribution in [2.75, 3.05) is 39.3 Å². The lowest BCUT2D eigenvalue weighted by molar-refractivity contribution is 0.0595. The molecular formula is C22H30N4O3. The minimum atomic E-state index is -0.831. The molecule has 7 heteroatoms. The number of likely N-dealkylation sites (tertiary alicyclic amines) is 1. The molecule has 0 aliphatic carbocycles. The van der Waals surface area contributed by atoms with Crippen LogP contribution in [0.3, 0.4) is 0 Å². The highest BCUT2D eigenvalue weighted by molar-refractivity contribution is 5.98. The molecule has 2 amide bonds. The Morgan fingerprint density at radius 3 is 2.48 bits per heavy atom. The van der Waals surface area contributed by atoms with Gasteiger partial charge < -0.3 is 19.5 Å². The second-order valence-corrected chi connectivity index (χ2v) is 8.55. The molecule has 0 spiro atoms. The average Bonchev–Trinajstić information content (AvgIpc) is 3.35. The first-order valence-electron chi connectivity index (χ1n) is 10.5. The van der Waals surface area contributed by atoms with Gasteiger partial charge in [-0.1, -0.05) is 0 Å². The zero-order valence-electron chi connectivity index (χ0n) is 17.3. The highest BCUT2D eigenvalue weighted by Gasteiger charge is 2.27. The normalized spacial score (nSPS) is 20.7. The minimum absolute atomic E-state index is 0.107. The van der Waals surface area contributed by atoms with E-state index in [2.05, 4.69) is 23.3 Å². The molecular weight excluding hydrogens is 368 g/mol. The van der Waals surface area contributed by atoms with E-state index in [0.717, 1.165) is 55.6 Å². The Kier molecular flexibility index (Phi) is 5.50. The quantitative estimate of drug-likeness (QED) is 0.860. The van der Waals surface area contributed by atoms with Crippen molar-refractivity contribution in [2.45, 2.75) is 32.9 Å². The summed E-state index contributed by atoms with van der Waals surface area (Å²) in [5.41, 5.74) is 1.84. The van der Waals surface area contributed by atoms with Crippen LogP contribution in [0.2, 0.25) is 0 Å². The number of amides is 2. The van der Waals surface area contributed by atoms with E-state index in [1.807, 2.05) is 35.4 Å². The summed E-state index contributed by atoms with van der Waals surface area (Å²) >= 11 is 0. The summed E-state index contributed by atoms with van der Waals surface area (Å²) in [7, 11) is 0. The van der Waals surface area contributed by atoms with Crippen molar-refractivity contribution in [3.05, 3.63) is 36.0 Å². The Labute approximate surface area is 171 Å². The zero-order valence-corrected chi connectivity index (χ0v) is 17.3. The van der Waals surface area contributed by atoms with Gasteiger partial charge in [0.1, 0.15) is 0 Å². The van der Waals surface area contributed by atoms with Gasteiger partial charge in [-0.3, -0.25) is 9.69 Å². The molecule has 2 aliphatic rings. The fourth-order valence-corrected chi connectivity index (χ4v) is 4.55. The molecule has 1 atom stereocenters. The summed E-state index contributed by atoms with van der Waals surface area (Å²) in [6.07, 6.45) is 2.11. The number of carbonyl (C=O) groups is 2. The van der Waals surface area contributed by atoms with Crippen LogP contribution in [0.1, 0.15) is 30.6 Å². The van der Waals surface area contributed by atoms with E-state index in [1.54, 1.807) is 0 Å². The van der Waals surface area contributed by atoms with Gasteiger partial charge in [-0.15, -0.1) is 0 Å². The Morgan fingerprint density at radius 1 is 1.07 bits per heavy atom. The van der Waals surface area contributed by atoms with Crippen LogP contribution in [-0.2, 0) is 6.54 Å². The van der Waals surface area contributed by atoms with E-state index in [0.29, 0.717) is 25.0 Å². The van der Waals surface area contributed by atoms with Crippen LogP contribution in [0, 0.1) is 5.92 Å². The van der Waals surface area contributed by atoms with Gasteiger partial charge in [0.25, 0.3) is 5.91 Å². The molecule has 1 N–H and O–H groups in total. The van der Waals surface area contributed by atoms with Crippen LogP contribution in [0.15, 0.2) is 30.5 Å². The van der Waals surface area contributed by atoms with Gasteiger partial charge in [0, 0.05) is 74.5 Å². The van der Waals surface area contributed by atoms with Gasteiger partial charge in [-0.2, -0.15) is 0 Å². The SMILES string of the molecule is CC(C)N1CCN(C(=O)c2ccc3c(ccn3CC3CCN(C(=O)O)C3)c2)CC1. The standard InChI is InChI=1S/C22H30N4O3/c1-16(2)23-9-11-24(12-10-23)21(27)19-3-4-20-18(13-19)6-8-25(20)14-17-5-7-26(15-17)22(28)29/h3-4,6,8,13,16-17H,5,7,9-12,14-15H2,1-2H3,(H,28,29). The van der Waals surface area contributed by atoms with E-state index < -0.39 is 6.09 Å². The molecule has 2 fully saturated rings. The first-order valence-corrected chi connectivity index (χ1v) is 10.5. The number of carboxylic acid groups (broad SMARTS) is 1. The van der Waals surface area contributed by atoms with Crippen LogP contribution in [0.25, 0.3) is 10.9 Å². The monoisotopic (exact) mass is 398 g/mol.